The van der Waals surface area contributed by atoms with Gasteiger partial charge in [0.05, 0.1) is 12.6 Å². The number of nitrogens with zero attached hydrogens (tertiary/aromatic N) is 2. The average Bonchev–Trinajstić information content (AvgIpc) is 2.37. The third-order valence-corrected chi connectivity index (χ3v) is 3.07. The summed E-state index contributed by atoms with van der Waals surface area (Å²) in [7, 11) is 1.95. The van der Waals surface area contributed by atoms with Gasteiger partial charge < -0.3 is 15.3 Å². The quantitative estimate of drug-likeness (QED) is 0.788. The monoisotopic (exact) mass is 237 g/mol. The number of aliphatic hydroxyl groups is 1. The number of nitrogens with one attached hydrogen (secondary N) is 1. The van der Waals surface area contributed by atoms with Crippen LogP contribution in [0.15, 0.2) is 18.3 Å². The van der Waals surface area contributed by atoms with Crippen molar-refractivity contribution in [2.45, 2.75) is 32.9 Å². The number of rotatable bonds is 6. The van der Waals surface area contributed by atoms with E-state index in [2.05, 4.69) is 30.2 Å². The standard InChI is InChI=1S/C13H23N3O/c1-5-14-11(3)12-6-7-15-13(8-12)16(4)10(2)9-17/h6-8,10-11,14,17H,5,9H2,1-4H3. The zero-order valence-corrected chi connectivity index (χ0v) is 11.1. The highest BCUT2D eigenvalue weighted by molar-refractivity contribution is 5.41. The second-order valence-corrected chi connectivity index (χ2v) is 4.37. The fourth-order valence-corrected chi connectivity index (χ4v) is 1.67. The molecule has 2 N–H and O–H groups in total. The Morgan fingerprint density at radius 3 is 2.76 bits per heavy atom. The van der Waals surface area contributed by atoms with Gasteiger partial charge in [-0.05, 0) is 38.1 Å². The fourth-order valence-electron chi connectivity index (χ4n) is 1.67. The van der Waals surface area contributed by atoms with Crippen molar-refractivity contribution in [1.29, 1.82) is 0 Å². The van der Waals surface area contributed by atoms with Crippen molar-refractivity contribution in [1.82, 2.24) is 10.3 Å². The number of anilines is 1. The van der Waals surface area contributed by atoms with Crippen LogP contribution >= 0.6 is 0 Å². The van der Waals surface area contributed by atoms with E-state index in [-0.39, 0.29) is 12.6 Å². The second-order valence-electron chi connectivity index (χ2n) is 4.37. The first kappa shape index (κ1) is 13.9. The number of hydrogen-bond acceptors (Lipinski definition) is 4. The lowest BCUT2D eigenvalue weighted by molar-refractivity contribution is 0.270. The maximum atomic E-state index is 9.15. The third kappa shape index (κ3) is 3.68. The molecule has 1 rings (SSSR count). The van der Waals surface area contributed by atoms with Crippen LogP contribution in [0.25, 0.3) is 0 Å². The molecule has 0 saturated heterocycles. The molecular formula is C13H23N3O. The number of pyridine rings is 1. The number of hydrogen-bond donors (Lipinski definition) is 2. The lowest BCUT2D eigenvalue weighted by Crippen LogP contribution is -2.32. The molecule has 0 spiro atoms. The molecule has 0 saturated carbocycles. The van der Waals surface area contributed by atoms with Crippen molar-refractivity contribution in [3.8, 4) is 0 Å². The third-order valence-electron chi connectivity index (χ3n) is 3.07. The molecule has 4 nitrogen and oxygen atoms in total. The van der Waals surface area contributed by atoms with Crippen LogP contribution in [0.1, 0.15) is 32.4 Å². The summed E-state index contributed by atoms with van der Waals surface area (Å²) in [4.78, 5) is 6.33. The highest BCUT2D eigenvalue weighted by Gasteiger charge is 2.12. The van der Waals surface area contributed by atoms with Crippen molar-refractivity contribution in [3.63, 3.8) is 0 Å². The SMILES string of the molecule is CCNC(C)c1ccnc(N(C)C(C)CO)c1. The molecule has 2 atom stereocenters. The highest BCUT2D eigenvalue weighted by atomic mass is 16.3. The van der Waals surface area contributed by atoms with E-state index in [1.807, 2.05) is 31.1 Å². The molecule has 17 heavy (non-hydrogen) atoms. The molecule has 0 aliphatic carbocycles. The molecule has 4 heteroatoms. The van der Waals surface area contributed by atoms with Crippen molar-refractivity contribution in [2.75, 3.05) is 25.1 Å². The summed E-state index contributed by atoms with van der Waals surface area (Å²) in [5.74, 6) is 0.897. The molecule has 0 aliphatic rings. The average molecular weight is 237 g/mol. The highest BCUT2D eigenvalue weighted by Crippen LogP contribution is 2.18. The molecule has 1 aromatic heterocycles. The molecule has 0 bridgehead atoms. The summed E-state index contributed by atoms with van der Waals surface area (Å²) in [5, 5.41) is 12.5. The first-order valence-electron chi connectivity index (χ1n) is 6.13. The summed E-state index contributed by atoms with van der Waals surface area (Å²) in [6.45, 7) is 7.28. The number of likely N-dealkylation sites (N-methyl/N-ethyl adjacent to an activating group) is 1. The Kier molecular flexibility index (Phi) is 5.38. The van der Waals surface area contributed by atoms with E-state index in [9.17, 15) is 0 Å². The van der Waals surface area contributed by atoms with Crippen molar-refractivity contribution >= 4 is 5.82 Å². The molecule has 0 aliphatic heterocycles. The van der Waals surface area contributed by atoms with Gasteiger partial charge in [-0.25, -0.2) is 4.98 Å². The summed E-state index contributed by atoms with van der Waals surface area (Å²) >= 11 is 0. The lowest BCUT2D eigenvalue weighted by atomic mass is 10.1. The van der Waals surface area contributed by atoms with Gasteiger partial charge in [0.15, 0.2) is 0 Å². The minimum atomic E-state index is 0.0761. The molecule has 1 aromatic rings. The summed E-state index contributed by atoms with van der Waals surface area (Å²) in [6.07, 6.45) is 1.82. The minimum absolute atomic E-state index is 0.0761. The predicted octanol–water partition coefficient (Wildman–Crippen LogP) is 1.57. The normalized spacial score (nSPS) is 14.4. The second kappa shape index (κ2) is 6.57. The van der Waals surface area contributed by atoms with Gasteiger partial charge in [-0.2, -0.15) is 0 Å². The molecule has 96 valence electrons. The van der Waals surface area contributed by atoms with Gasteiger partial charge in [0.25, 0.3) is 0 Å². The van der Waals surface area contributed by atoms with Gasteiger partial charge in [0.2, 0.25) is 0 Å². The van der Waals surface area contributed by atoms with Gasteiger partial charge in [-0.15, -0.1) is 0 Å². The largest absolute Gasteiger partial charge is 0.394 e. The predicted molar refractivity (Wildman–Crippen MR) is 71.3 cm³/mol. The fraction of sp³-hybridized carbons (Fsp3) is 0.615. The Hall–Kier alpha value is -1.13. The zero-order chi connectivity index (χ0) is 12.8. The molecule has 0 amide bonds. The maximum absolute atomic E-state index is 9.15. The Bertz CT molecular complexity index is 343. The van der Waals surface area contributed by atoms with E-state index in [1.54, 1.807) is 0 Å². The summed E-state index contributed by atoms with van der Waals surface area (Å²) in [5.41, 5.74) is 1.22. The minimum Gasteiger partial charge on any atom is -0.394 e. The van der Waals surface area contributed by atoms with Crippen molar-refractivity contribution in [2.24, 2.45) is 0 Å². The Balaban J connectivity index is 2.85. The summed E-state index contributed by atoms with van der Waals surface area (Å²) in [6, 6.07) is 4.49. The number of aromatic nitrogens is 1. The Morgan fingerprint density at radius 1 is 1.47 bits per heavy atom. The smallest absolute Gasteiger partial charge is 0.128 e. The molecule has 2 unspecified atom stereocenters. The Morgan fingerprint density at radius 2 is 2.18 bits per heavy atom. The molecule has 1 heterocycles. The maximum Gasteiger partial charge on any atom is 0.128 e. The van der Waals surface area contributed by atoms with Crippen LogP contribution in [0, 0.1) is 0 Å². The number of aliphatic hydroxyl groups excluding tert-OH is 1. The van der Waals surface area contributed by atoms with E-state index < -0.39 is 0 Å². The van der Waals surface area contributed by atoms with Crippen LogP contribution in [0.5, 0.6) is 0 Å². The van der Waals surface area contributed by atoms with Crippen LogP contribution in [-0.2, 0) is 0 Å². The van der Waals surface area contributed by atoms with Gasteiger partial charge in [-0.3, -0.25) is 0 Å². The van der Waals surface area contributed by atoms with Crippen LogP contribution in [0.2, 0.25) is 0 Å². The van der Waals surface area contributed by atoms with Crippen molar-refractivity contribution < 1.29 is 5.11 Å². The van der Waals surface area contributed by atoms with Gasteiger partial charge in [0, 0.05) is 19.3 Å². The first-order chi connectivity index (χ1) is 8.10. The lowest BCUT2D eigenvalue weighted by Gasteiger charge is -2.25. The molecule has 0 aromatic carbocycles. The van der Waals surface area contributed by atoms with Crippen LogP contribution < -0.4 is 10.2 Å². The first-order valence-corrected chi connectivity index (χ1v) is 6.13. The Labute approximate surface area is 104 Å². The van der Waals surface area contributed by atoms with E-state index in [0.717, 1.165) is 12.4 Å². The molecule has 0 fully saturated rings. The van der Waals surface area contributed by atoms with Gasteiger partial charge >= 0.3 is 0 Å². The van der Waals surface area contributed by atoms with E-state index in [0.29, 0.717) is 6.04 Å². The summed E-state index contributed by atoms with van der Waals surface area (Å²) < 4.78 is 0. The van der Waals surface area contributed by atoms with E-state index in [4.69, 9.17) is 5.11 Å². The van der Waals surface area contributed by atoms with Gasteiger partial charge in [0.1, 0.15) is 5.82 Å². The zero-order valence-electron chi connectivity index (χ0n) is 11.1. The van der Waals surface area contributed by atoms with E-state index in [1.165, 1.54) is 5.56 Å². The van der Waals surface area contributed by atoms with Gasteiger partial charge in [-0.1, -0.05) is 6.92 Å². The van der Waals surface area contributed by atoms with Crippen LogP contribution in [-0.4, -0.2) is 36.3 Å². The molecule has 0 radical (unpaired) electrons. The van der Waals surface area contributed by atoms with Crippen molar-refractivity contribution in [3.05, 3.63) is 23.9 Å². The van der Waals surface area contributed by atoms with E-state index >= 15 is 0 Å². The van der Waals surface area contributed by atoms with Crippen LogP contribution in [0.4, 0.5) is 5.82 Å². The molecular weight excluding hydrogens is 214 g/mol. The van der Waals surface area contributed by atoms with Crippen LogP contribution in [0.3, 0.4) is 0 Å². The topological polar surface area (TPSA) is 48.4 Å².